The number of pyridine rings is 1. The highest BCUT2D eigenvalue weighted by Gasteiger charge is 2.33. The predicted molar refractivity (Wildman–Crippen MR) is 80.0 cm³/mol. The van der Waals surface area contributed by atoms with Crippen molar-refractivity contribution in [2.24, 2.45) is 5.92 Å². The molecule has 0 unspecified atom stereocenters. The first-order valence-corrected chi connectivity index (χ1v) is 8.03. The topological polar surface area (TPSA) is 45.2 Å². The second-order valence-electron chi connectivity index (χ2n) is 6.28. The van der Waals surface area contributed by atoms with Gasteiger partial charge in [-0.05, 0) is 44.2 Å². The number of halogens is 3. The largest absolute Gasteiger partial charge is 0.433 e. The molecule has 1 aromatic heterocycles. The van der Waals surface area contributed by atoms with E-state index in [9.17, 15) is 18.0 Å². The maximum absolute atomic E-state index is 12.7. The van der Waals surface area contributed by atoms with Crippen LogP contribution in [0.25, 0.3) is 0 Å². The van der Waals surface area contributed by atoms with Crippen LogP contribution < -0.4 is 10.2 Å². The minimum atomic E-state index is -4.43. The fraction of sp³-hybridized carbons (Fsp3) is 0.625. The van der Waals surface area contributed by atoms with E-state index in [0.29, 0.717) is 37.8 Å². The lowest BCUT2D eigenvalue weighted by molar-refractivity contribution is -0.141. The number of amides is 1. The number of carbonyl (C=O) groups excluding carboxylic acids is 1. The molecule has 3 rings (SSSR count). The van der Waals surface area contributed by atoms with Crippen LogP contribution in [0.4, 0.5) is 19.0 Å². The number of carbonyl (C=O) groups is 1. The lowest BCUT2D eigenvalue weighted by Gasteiger charge is -2.34. The summed E-state index contributed by atoms with van der Waals surface area (Å²) in [5.41, 5.74) is -0.875. The molecule has 1 N–H and O–H groups in total. The molecule has 0 spiro atoms. The SMILES string of the molecule is O=C(NC1CCC1)C1CCN(c2cccc(C(F)(F)F)n2)CC1. The molecule has 0 aromatic carbocycles. The summed E-state index contributed by atoms with van der Waals surface area (Å²) in [6.07, 6.45) is 0.145. The normalized spacial score (nSPS) is 20.2. The molecule has 7 heteroatoms. The summed E-state index contributed by atoms with van der Waals surface area (Å²) in [7, 11) is 0. The minimum absolute atomic E-state index is 0.0438. The molecular formula is C16H20F3N3O. The van der Waals surface area contributed by atoms with Crippen molar-refractivity contribution in [3.8, 4) is 0 Å². The molecule has 1 aliphatic carbocycles. The van der Waals surface area contributed by atoms with E-state index in [2.05, 4.69) is 10.3 Å². The van der Waals surface area contributed by atoms with Crippen molar-refractivity contribution in [3.05, 3.63) is 23.9 Å². The monoisotopic (exact) mass is 327 g/mol. The third-order valence-corrected chi connectivity index (χ3v) is 4.67. The van der Waals surface area contributed by atoms with Crippen molar-refractivity contribution in [3.63, 3.8) is 0 Å². The summed E-state index contributed by atoms with van der Waals surface area (Å²) in [6, 6.07) is 4.26. The second kappa shape index (κ2) is 6.37. The standard InChI is InChI=1S/C16H20F3N3O/c17-16(18,19)13-5-2-6-14(21-13)22-9-7-11(8-10-22)15(23)20-12-3-1-4-12/h2,5-6,11-12H,1,3-4,7-10H2,(H,20,23). The molecule has 1 aliphatic heterocycles. The molecule has 1 aromatic rings. The van der Waals surface area contributed by atoms with Gasteiger partial charge >= 0.3 is 6.18 Å². The first kappa shape index (κ1) is 16.1. The fourth-order valence-corrected chi connectivity index (χ4v) is 3.00. The van der Waals surface area contributed by atoms with Crippen molar-refractivity contribution in [2.75, 3.05) is 18.0 Å². The van der Waals surface area contributed by atoms with E-state index in [1.165, 1.54) is 12.5 Å². The van der Waals surface area contributed by atoms with Gasteiger partial charge in [-0.1, -0.05) is 6.07 Å². The lowest BCUT2D eigenvalue weighted by Crippen LogP contribution is -2.46. The summed E-state index contributed by atoms with van der Waals surface area (Å²) in [5, 5.41) is 3.05. The van der Waals surface area contributed by atoms with Gasteiger partial charge in [0.15, 0.2) is 0 Å². The van der Waals surface area contributed by atoms with Gasteiger partial charge in [0.1, 0.15) is 11.5 Å². The Morgan fingerprint density at radius 2 is 1.87 bits per heavy atom. The molecule has 23 heavy (non-hydrogen) atoms. The zero-order chi connectivity index (χ0) is 16.4. The van der Waals surface area contributed by atoms with Crippen molar-refractivity contribution >= 4 is 11.7 Å². The van der Waals surface area contributed by atoms with E-state index in [4.69, 9.17) is 0 Å². The number of aromatic nitrogens is 1. The van der Waals surface area contributed by atoms with Gasteiger partial charge in [0.05, 0.1) is 0 Å². The average molecular weight is 327 g/mol. The van der Waals surface area contributed by atoms with Crippen molar-refractivity contribution in [2.45, 2.75) is 44.3 Å². The smallest absolute Gasteiger partial charge is 0.357 e. The van der Waals surface area contributed by atoms with Gasteiger partial charge in [0, 0.05) is 25.0 Å². The molecule has 4 nitrogen and oxygen atoms in total. The third kappa shape index (κ3) is 3.76. The molecule has 2 aliphatic rings. The summed E-state index contributed by atoms with van der Waals surface area (Å²) < 4.78 is 38.2. The summed E-state index contributed by atoms with van der Waals surface area (Å²) >= 11 is 0. The summed E-state index contributed by atoms with van der Waals surface area (Å²) in [4.78, 5) is 17.7. The second-order valence-corrected chi connectivity index (χ2v) is 6.28. The quantitative estimate of drug-likeness (QED) is 0.928. The Hall–Kier alpha value is -1.79. The Kier molecular flexibility index (Phi) is 4.46. The van der Waals surface area contributed by atoms with E-state index in [1.54, 1.807) is 6.07 Å². The highest BCUT2D eigenvalue weighted by Crippen LogP contribution is 2.30. The van der Waals surface area contributed by atoms with Gasteiger partial charge in [-0.15, -0.1) is 0 Å². The molecule has 126 valence electrons. The van der Waals surface area contributed by atoms with Gasteiger partial charge in [0.2, 0.25) is 5.91 Å². The van der Waals surface area contributed by atoms with Crippen molar-refractivity contribution in [1.29, 1.82) is 0 Å². The Balaban J connectivity index is 1.57. The number of piperidine rings is 1. The zero-order valence-corrected chi connectivity index (χ0v) is 12.8. The third-order valence-electron chi connectivity index (χ3n) is 4.67. The van der Waals surface area contributed by atoms with Gasteiger partial charge < -0.3 is 10.2 Å². The van der Waals surface area contributed by atoms with Gasteiger partial charge in [-0.25, -0.2) is 4.98 Å². The minimum Gasteiger partial charge on any atom is -0.357 e. The summed E-state index contributed by atoms with van der Waals surface area (Å²) in [5.74, 6) is 0.377. The number of hydrogen-bond acceptors (Lipinski definition) is 3. The van der Waals surface area contributed by atoms with Crippen LogP contribution in [0.2, 0.25) is 0 Å². The molecule has 1 saturated carbocycles. The highest BCUT2D eigenvalue weighted by atomic mass is 19.4. The van der Waals surface area contributed by atoms with Crippen LogP contribution in [0.3, 0.4) is 0 Å². The molecule has 2 heterocycles. The molecule has 0 radical (unpaired) electrons. The van der Waals surface area contributed by atoms with Gasteiger partial charge in [-0.3, -0.25) is 4.79 Å². The number of alkyl halides is 3. The maximum atomic E-state index is 12.7. The van der Waals surface area contributed by atoms with Crippen LogP contribution in [0, 0.1) is 5.92 Å². The zero-order valence-electron chi connectivity index (χ0n) is 12.8. The van der Waals surface area contributed by atoms with Crippen LogP contribution in [-0.4, -0.2) is 30.0 Å². The Bertz CT molecular complexity index is 564. The van der Waals surface area contributed by atoms with Crippen molar-refractivity contribution < 1.29 is 18.0 Å². The lowest BCUT2D eigenvalue weighted by atomic mass is 9.90. The number of nitrogens with zero attached hydrogens (tertiary/aromatic N) is 2. The van der Waals surface area contributed by atoms with Crippen molar-refractivity contribution in [1.82, 2.24) is 10.3 Å². The number of hydrogen-bond donors (Lipinski definition) is 1. The van der Waals surface area contributed by atoms with E-state index >= 15 is 0 Å². The first-order valence-electron chi connectivity index (χ1n) is 8.03. The van der Waals surface area contributed by atoms with Crippen LogP contribution in [0.15, 0.2) is 18.2 Å². The molecule has 1 saturated heterocycles. The van der Waals surface area contributed by atoms with E-state index in [0.717, 1.165) is 18.9 Å². The molecule has 0 atom stereocenters. The van der Waals surface area contributed by atoms with Gasteiger partial charge in [-0.2, -0.15) is 13.2 Å². The maximum Gasteiger partial charge on any atom is 0.433 e. The number of anilines is 1. The molecular weight excluding hydrogens is 307 g/mol. The number of rotatable bonds is 3. The van der Waals surface area contributed by atoms with Crippen LogP contribution in [0.5, 0.6) is 0 Å². The molecule has 2 fully saturated rings. The van der Waals surface area contributed by atoms with Crippen LogP contribution in [0.1, 0.15) is 37.8 Å². The highest BCUT2D eigenvalue weighted by molar-refractivity contribution is 5.79. The molecule has 1 amide bonds. The molecule has 0 bridgehead atoms. The van der Waals surface area contributed by atoms with Crippen LogP contribution >= 0.6 is 0 Å². The van der Waals surface area contributed by atoms with Crippen LogP contribution in [-0.2, 0) is 11.0 Å². The first-order chi connectivity index (χ1) is 10.9. The summed E-state index contributed by atoms with van der Waals surface area (Å²) in [6.45, 7) is 1.11. The Morgan fingerprint density at radius 1 is 1.17 bits per heavy atom. The van der Waals surface area contributed by atoms with E-state index in [1.807, 2.05) is 4.90 Å². The Labute approximate surface area is 133 Å². The fourth-order valence-electron chi connectivity index (χ4n) is 3.00. The van der Waals surface area contributed by atoms with Gasteiger partial charge in [0.25, 0.3) is 0 Å². The predicted octanol–water partition coefficient (Wildman–Crippen LogP) is 2.99. The van der Waals surface area contributed by atoms with E-state index < -0.39 is 11.9 Å². The Morgan fingerprint density at radius 3 is 2.43 bits per heavy atom. The van der Waals surface area contributed by atoms with E-state index in [-0.39, 0.29) is 11.8 Å². The number of nitrogens with one attached hydrogen (secondary N) is 1. The average Bonchev–Trinajstić information content (AvgIpc) is 2.50.